The van der Waals surface area contributed by atoms with Gasteiger partial charge in [0.05, 0.1) is 5.69 Å². The number of para-hydroxylation sites is 2. The van der Waals surface area contributed by atoms with Crippen molar-refractivity contribution in [3.63, 3.8) is 0 Å². The summed E-state index contributed by atoms with van der Waals surface area (Å²) in [6.45, 7) is 0.530. The number of fused-ring (bicyclic) bond motifs is 1. The number of benzene rings is 2. The third kappa shape index (κ3) is 4.72. The summed E-state index contributed by atoms with van der Waals surface area (Å²) < 4.78 is 1.83. The number of anilines is 1. The van der Waals surface area contributed by atoms with Crippen LogP contribution in [0.4, 0.5) is 10.5 Å². The van der Waals surface area contributed by atoms with E-state index in [0.29, 0.717) is 11.4 Å². The van der Waals surface area contributed by atoms with Crippen molar-refractivity contribution in [2.45, 2.75) is 18.9 Å². The maximum atomic E-state index is 12.6. The van der Waals surface area contributed by atoms with Crippen LogP contribution < -0.4 is 20.9 Å². The van der Waals surface area contributed by atoms with E-state index in [-0.39, 0.29) is 43.7 Å². The number of hydrogen-bond acceptors (Lipinski definition) is 4. The molecule has 1 aliphatic heterocycles. The highest BCUT2D eigenvalue weighted by Gasteiger charge is 2.38. The van der Waals surface area contributed by atoms with Crippen LogP contribution in [0.5, 0.6) is 0 Å². The molecule has 1 aromatic heterocycles. The maximum absolute atomic E-state index is 12.6. The van der Waals surface area contributed by atoms with E-state index >= 15 is 0 Å². The van der Waals surface area contributed by atoms with E-state index in [1.54, 1.807) is 30.3 Å². The van der Waals surface area contributed by atoms with Gasteiger partial charge in [-0.15, -0.1) is 0 Å². The van der Waals surface area contributed by atoms with E-state index in [4.69, 9.17) is 0 Å². The minimum absolute atomic E-state index is 0.0798. The fourth-order valence-corrected chi connectivity index (χ4v) is 3.89. The first-order valence-electron chi connectivity index (χ1n) is 10.7. The minimum atomic E-state index is -0.741. The molecule has 3 N–H and O–H groups in total. The fourth-order valence-electron chi connectivity index (χ4n) is 3.89. The van der Waals surface area contributed by atoms with Gasteiger partial charge in [0.2, 0.25) is 5.91 Å². The van der Waals surface area contributed by atoms with Crippen LogP contribution in [0.1, 0.15) is 23.3 Å². The van der Waals surface area contributed by atoms with Crippen molar-refractivity contribution >= 4 is 40.3 Å². The van der Waals surface area contributed by atoms with Gasteiger partial charge in [0, 0.05) is 37.5 Å². The Morgan fingerprint density at radius 1 is 0.970 bits per heavy atom. The van der Waals surface area contributed by atoms with Crippen molar-refractivity contribution in [3.05, 3.63) is 66.4 Å². The van der Waals surface area contributed by atoms with Gasteiger partial charge < -0.3 is 20.5 Å². The van der Waals surface area contributed by atoms with Crippen molar-refractivity contribution in [3.8, 4) is 0 Å². The van der Waals surface area contributed by atoms with Crippen LogP contribution >= 0.6 is 0 Å². The van der Waals surface area contributed by atoms with Gasteiger partial charge in [-0.05, 0) is 30.7 Å². The molecule has 2 aromatic carbocycles. The summed E-state index contributed by atoms with van der Waals surface area (Å²) >= 11 is 0. The number of aromatic nitrogens is 1. The molecule has 0 bridgehead atoms. The molecule has 33 heavy (non-hydrogen) atoms. The molecule has 0 saturated carbocycles. The van der Waals surface area contributed by atoms with Crippen molar-refractivity contribution in [1.82, 2.24) is 20.5 Å². The summed E-state index contributed by atoms with van der Waals surface area (Å²) in [5, 5.41) is 9.13. The summed E-state index contributed by atoms with van der Waals surface area (Å²) in [5.74, 6) is -0.849. The Kier molecular flexibility index (Phi) is 6.39. The highest BCUT2D eigenvalue weighted by molar-refractivity contribution is 6.21. The van der Waals surface area contributed by atoms with Crippen molar-refractivity contribution in [2.75, 3.05) is 18.0 Å². The number of nitrogens with zero attached hydrogens (tertiary/aromatic N) is 2. The molecule has 9 nitrogen and oxygen atoms in total. The fraction of sp³-hybridized carbons (Fsp3) is 0.250. The second kappa shape index (κ2) is 9.56. The van der Waals surface area contributed by atoms with Gasteiger partial charge >= 0.3 is 6.03 Å². The Labute approximate surface area is 190 Å². The third-order valence-corrected chi connectivity index (χ3v) is 5.61. The molecule has 0 radical (unpaired) electrons. The summed E-state index contributed by atoms with van der Waals surface area (Å²) in [4.78, 5) is 50.4. The third-order valence-electron chi connectivity index (χ3n) is 5.61. The number of urea groups is 1. The number of rotatable bonds is 8. The lowest BCUT2D eigenvalue weighted by Gasteiger charge is -2.12. The molecule has 3 aromatic rings. The average molecular weight is 447 g/mol. The lowest BCUT2D eigenvalue weighted by Crippen LogP contribution is -2.36. The van der Waals surface area contributed by atoms with Crippen molar-refractivity contribution < 1.29 is 19.2 Å². The Morgan fingerprint density at radius 3 is 2.42 bits per heavy atom. The zero-order valence-corrected chi connectivity index (χ0v) is 18.2. The molecule has 170 valence electrons. The monoisotopic (exact) mass is 447 g/mol. The van der Waals surface area contributed by atoms with Crippen LogP contribution in [0.3, 0.4) is 0 Å². The topological polar surface area (TPSA) is 113 Å². The molecule has 2 heterocycles. The Morgan fingerprint density at radius 2 is 1.67 bits per heavy atom. The number of hydrogen-bond donors (Lipinski definition) is 3. The minimum Gasteiger partial charge on any atom is -0.354 e. The molecular formula is C24H25N5O4. The van der Waals surface area contributed by atoms with E-state index in [0.717, 1.165) is 15.8 Å². The number of amides is 5. The Balaban J connectivity index is 1.20. The predicted octanol–water partition coefficient (Wildman–Crippen LogP) is 1.93. The van der Waals surface area contributed by atoms with E-state index in [2.05, 4.69) is 16.0 Å². The summed E-state index contributed by atoms with van der Waals surface area (Å²) in [7, 11) is 1.83. The van der Waals surface area contributed by atoms with E-state index in [1.807, 2.05) is 41.9 Å². The molecule has 1 saturated heterocycles. The second-order valence-electron chi connectivity index (χ2n) is 7.80. The quantitative estimate of drug-likeness (QED) is 0.362. The molecule has 1 atom stereocenters. The van der Waals surface area contributed by atoms with E-state index in [9.17, 15) is 19.2 Å². The van der Waals surface area contributed by atoms with Gasteiger partial charge in [-0.2, -0.15) is 0 Å². The Hall–Kier alpha value is -4.14. The number of aryl methyl sites for hydroxylation is 1. The first kappa shape index (κ1) is 22.1. The molecule has 0 spiro atoms. The number of carbonyl (C=O) groups excluding carboxylic acids is 4. The van der Waals surface area contributed by atoms with Crippen molar-refractivity contribution in [2.24, 2.45) is 7.05 Å². The van der Waals surface area contributed by atoms with Crippen molar-refractivity contribution in [1.29, 1.82) is 0 Å². The van der Waals surface area contributed by atoms with Crippen LogP contribution in [0.15, 0.2) is 60.7 Å². The van der Waals surface area contributed by atoms with Crippen LogP contribution in [0.2, 0.25) is 0 Å². The highest BCUT2D eigenvalue weighted by atomic mass is 16.2. The highest BCUT2D eigenvalue weighted by Crippen LogP contribution is 2.21. The summed E-state index contributed by atoms with van der Waals surface area (Å²) in [6, 6.07) is 17.0. The molecule has 0 unspecified atom stereocenters. The van der Waals surface area contributed by atoms with Gasteiger partial charge in [0.15, 0.2) is 0 Å². The molecule has 5 amide bonds. The number of nitrogens with one attached hydrogen (secondary N) is 3. The Bertz CT molecular complexity index is 1200. The standard InChI is InChI=1S/C24H25N5O4/c1-28-19-10-6-5-7-16(19)15-20(28)22(31)26-14-13-25-21(30)12-11-18-23(32)29(24(33)27-18)17-8-3-2-4-9-17/h2-10,15,18H,11-14H2,1H3,(H,25,30)(H,26,31)(H,27,33)/t18-/m0/s1. The van der Waals surface area contributed by atoms with Gasteiger partial charge in [-0.3, -0.25) is 14.4 Å². The van der Waals surface area contributed by atoms with Crippen LogP contribution in [-0.4, -0.2) is 47.5 Å². The zero-order chi connectivity index (χ0) is 23.4. The van der Waals surface area contributed by atoms with Gasteiger partial charge in [0.1, 0.15) is 11.7 Å². The van der Waals surface area contributed by atoms with Gasteiger partial charge in [-0.1, -0.05) is 36.4 Å². The molecule has 9 heteroatoms. The molecular weight excluding hydrogens is 422 g/mol. The molecule has 1 aliphatic rings. The molecule has 1 fully saturated rings. The predicted molar refractivity (Wildman–Crippen MR) is 124 cm³/mol. The van der Waals surface area contributed by atoms with Crippen LogP contribution in [-0.2, 0) is 16.6 Å². The first-order valence-corrected chi connectivity index (χ1v) is 10.7. The largest absolute Gasteiger partial charge is 0.354 e. The summed E-state index contributed by atoms with van der Waals surface area (Å²) in [6.07, 6.45) is 0.276. The lowest BCUT2D eigenvalue weighted by molar-refractivity contribution is -0.121. The smallest absolute Gasteiger partial charge is 0.329 e. The zero-order valence-electron chi connectivity index (χ0n) is 18.2. The normalized spacial score (nSPS) is 15.5. The van der Waals surface area contributed by atoms with Crippen LogP contribution in [0, 0.1) is 0 Å². The first-order chi connectivity index (χ1) is 16.0. The molecule has 4 rings (SSSR count). The van der Waals surface area contributed by atoms with Crippen LogP contribution in [0.25, 0.3) is 10.9 Å². The number of carbonyl (C=O) groups is 4. The summed E-state index contributed by atoms with van der Waals surface area (Å²) in [5.41, 5.74) is 2.00. The lowest BCUT2D eigenvalue weighted by atomic mass is 10.1. The van der Waals surface area contributed by atoms with E-state index < -0.39 is 12.1 Å². The number of imide groups is 1. The maximum Gasteiger partial charge on any atom is 0.329 e. The second-order valence-corrected chi connectivity index (χ2v) is 7.80. The van der Waals surface area contributed by atoms with E-state index in [1.165, 1.54) is 0 Å². The van der Waals surface area contributed by atoms with Gasteiger partial charge in [-0.25, -0.2) is 9.69 Å². The SMILES string of the molecule is Cn1c(C(=O)NCCNC(=O)CC[C@@H]2NC(=O)N(c3ccccc3)C2=O)cc2ccccc21. The molecule has 0 aliphatic carbocycles. The average Bonchev–Trinajstić information content (AvgIpc) is 3.31. The van der Waals surface area contributed by atoms with Gasteiger partial charge in [0.25, 0.3) is 11.8 Å².